The van der Waals surface area contributed by atoms with Gasteiger partial charge < -0.3 is 10.5 Å². The van der Waals surface area contributed by atoms with Crippen molar-refractivity contribution in [3.63, 3.8) is 0 Å². The Kier molecular flexibility index (Phi) is 8.72. The Morgan fingerprint density at radius 2 is 1.57 bits per heavy atom. The van der Waals surface area contributed by atoms with Crippen LogP contribution in [0.3, 0.4) is 0 Å². The van der Waals surface area contributed by atoms with Gasteiger partial charge in [-0.1, -0.05) is 85.8 Å². The molecule has 2 aliphatic rings. The molecule has 3 heterocycles. The minimum Gasteiger partial charge on any atom is -0.379 e. The summed E-state index contributed by atoms with van der Waals surface area (Å²) < 4.78 is 8.22. The third kappa shape index (κ3) is 6.22. The molecule has 2 aliphatic heterocycles. The summed E-state index contributed by atoms with van der Waals surface area (Å²) in [7, 11) is 0. The molecule has 228 valence electrons. The number of hydrogen-bond acceptors (Lipinski definition) is 7. The molecule has 10 nitrogen and oxygen atoms in total. The molecule has 10 heteroatoms. The molecule has 6 rings (SSSR count). The molecule has 2 N–H and O–H groups in total. The van der Waals surface area contributed by atoms with Crippen LogP contribution in [-0.2, 0) is 29.0 Å². The van der Waals surface area contributed by atoms with E-state index >= 15 is 0 Å². The van der Waals surface area contributed by atoms with E-state index in [1.54, 1.807) is 11.9 Å². The van der Waals surface area contributed by atoms with E-state index in [4.69, 9.17) is 20.7 Å². The number of anilines is 1. The second kappa shape index (κ2) is 13.0. The summed E-state index contributed by atoms with van der Waals surface area (Å²) in [6, 6.07) is 25.9. The number of aryl methyl sites for hydroxylation is 1. The average molecular weight is 594 g/mol. The van der Waals surface area contributed by atoms with Gasteiger partial charge in [0.05, 0.1) is 32.0 Å². The summed E-state index contributed by atoms with van der Waals surface area (Å²) in [6.07, 6.45) is 0.951. The molecular weight excluding hydrogens is 554 g/mol. The van der Waals surface area contributed by atoms with E-state index in [1.807, 2.05) is 30.3 Å². The number of morpholine rings is 1. The standard InChI is InChI=1S/C34H39N7O3/c1-3-25-13-15-29(16-14-25)31-30(28-7-5-4-6-8-28)23-39(36-31)33-37-40(34(43)41(33)24(2)32(35)42)22-27-11-9-26(10-12-27)21-38-17-19-44-20-18-38/h4-16,24,30H,3,17-23H2,1-2H3,(H2,35,42)/t24-,30+/m1/s1. The number of nitrogens with two attached hydrogens (primary N) is 1. The second-order valence-electron chi connectivity index (χ2n) is 11.5. The summed E-state index contributed by atoms with van der Waals surface area (Å²) >= 11 is 0. The monoisotopic (exact) mass is 593 g/mol. The second-order valence-corrected chi connectivity index (χ2v) is 11.5. The molecule has 1 fully saturated rings. The first-order valence-electron chi connectivity index (χ1n) is 15.3. The van der Waals surface area contributed by atoms with E-state index in [0.29, 0.717) is 12.5 Å². The van der Waals surface area contributed by atoms with Crippen molar-refractivity contribution in [3.8, 4) is 0 Å². The van der Waals surface area contributed by atoms with Crippen molar-refractivity contribution in [3.05, 3.63) is 117 Å². The molecule has 44 heavy (non-hydrogen) atoms. The first-order valence-corrected chi connectivity index (χ1v) is 15.3. The van der Waals surface area contributed by atoms with Crippen LogP contribution < -0.4 is 16.4 Å². The van der Waals surface area contributed by atoms with Gasteiger partial charge in [0, 0.05) is 25.6 Å². The Balaban J connectivity index is 1.32. The van der Waals surface area contributed by atoms with Crippen LogP contribution in [0.25, 0.3) is 0 Å². The fourth-order valence-corrected chi connectivity index (χ4v) is 5.84. The van der Waals surface area contributed by atoms with Crippen LogP contribution >= 0.6 is 0 Å². The molecule has 0 spiro atoms. The molecule has 0 bridgehead atoms. The van der Waals surface area contributed by atoms with Crippen molar-refractivity contribution >= 4 is 17.6 Å². The Hall–Kier alpha value is -4.54. The lowest BCUT2D eigenvalue weighted by Crippen LogP contribution is -2.35. The number of ether oxygens (including phenoxy) is 1. The molecular formula is C34H39N7O3. The van der Waals surface area contributed by atoms with E-state index in [-0.39, 0.29) is 12.5 Å². The number of aromatic nitrogens is 3. The molecule has 0 radical (unpaired) electrons. The number of carbonyl (C=O) groups excluding carboxylic acids is 1. The van der Waals surface area contributed by atoms with Gasteiger partial charge in [0.15, 0.2) is 0 Å². The first kappa shape index (κ1) is 29.5. The van der Waals surface area contributed by atoms with Gasteiger partial charge in [0.2, 0.25) is 11.9 Å². The Bertz CT molecular complexity index is 1670. The van der Waals surface area contributed by atoms with Crippen LogP contribution in [0.2, 0.25) is 0 Å². The van der Waals surface area contributed by atoms with Crippen molar-refractivity contribution in [2.24, 2.45) is 10.8 Å². The van der Waals surface area contributed by atoms with Crippen LogP contribution in [0.1, 0.15) is 53.6 Å². The number of amides is 1. The summed E-state index contributed by atoms with van der Waals surface area (Å²) in [5, 5.41) is 11.5. The van der Waals surface area contributed by atoms with Gasteiger partial charge in [-0.2, -0.15) is 5.10 Å². The quantitative estimate of drug-likeness (QED) is 0.301. The Morgan fingerprint density at radius 1 is 0.932 bits per heavy atom. The number of carbonyl (C=O) groups is 1. The Morgan fingerprint density at radius 3 is 2.20 bits per heavy atom. The maximum atomic E-state index is 13.8. The highest BCUT2D eigenvalue weighted by atomic mass is 16.5. The highest BCUT2D eigenvalue weighted by Crippen LogP contribution is 2.32. The van der Waals surface area contributed by atoms with Crippen molar-refractivity contribution in [2.45, 2.75) is 45.3 Å². The van der Waals surface area contributed by atoms with E-state index in [9.17, 15) is 9.59 Å². The van der Waals surface area contributed by atoms with Crippen LogP contribution in [0, 0.1) is 0 Å². The number of benzene rings is 3. The summed E-state index contributed by atoms with van der Waals surface area (Å²) in [5.74, 6) is -0.370. The third-order valence-electron chi connectivity index (χ3n) is 8.52. The van der Waals surface area contributed by atoms with Crippen LogP contribution in [-0.4, -0.2) is 63.7 Å². The summed E-state index contributed by atoms with van der Waals surface area (Å²) in [5.41, 5.74) is 11.7. The van der Waals surface area contributed by atoms with E-state index in [2.05, 4.69) is 60.4 Å². The van der Waals surface area contributed by atoms with Crippen molar-refractivity contribution < 1.29 is 9.53 Å². The van der Waals surface area contributed by atoms with E-state index in [1.165, 1.54) is 20.4 Å². The minimum absolute atomic E-state index is 0.0553. The highest BCUT2D eigenvalue weighted by molar-refractivity contribution is 6.07. The molecule has 0 aliphatic carbocycles. The number of hydrazone groups is 1. The van der Waals surface area contributed by atoms with E-state index in [0.717, 1.165) is 61.7 Å². The predicted molar refractivity (Wildman–Crippen MR) is 171 cm³/mol. The molecule has 0 saturated carbocycles. The van der Waals surface area contributed by atoms with Gasteiger partial charge in [-0.25, -0.2) is 19.1 Å². The fraction of sp³-hybridized carbons (Fsp3) is 0.353. The van der Waals surface area contributed by atoms with Gasteiger partial charge in [-0.15, -0.1) is 5.10 Å². The largest absolute Gasteiger partial charge is 0.379 e. The lowest BCUT2D eigenvalue weighted by atomic mass is 9.90. The number of primary amides is 1. The number of rotatable bonds is 10. The van der Waals surface area contributed by atoms with Crippen molar-refractivity contribution in [1.82, 2.24) is 19.2 Å². The fourth-order valence-electron chi connectivity index (χ4n) is 5.84. The van der Waals surface area contributed by atoms with Gasteiger partial charge in [0.1, 0.15) is 6.04 Å². The zero-order valence-corrected chi connectivity index (χ0v) is 25.3. The highest BCUT2D eigenvalue weighted by Gasteiger charge is 2.34. The number of nitrogens with zero attached hydrogens (tertiary/aromatic N) is 6. The van der Waals surface area contributed by atoms with Crippen LogP contribution in [0.4, 0.5) is 5.95 Å². The lowest BCUT2D eigenvalue weighted by molar-refractivity contribution is -0.120. The average Bonchev–Trinajstić information content (AvgIpc) is 3.64. The normalized spacial score (nSPS) is 17.9. The Labute approximate surface area is 257 Å². The molecule has 4 aromatic rings. The van der Waals surface area contributed by atoms with Gasteiger partial charge in [-0.3, -0.25) is 9.69 Å². The maximum absolute atomic E-state index is 13.8. The molecule has 1 aromatic heterocycles. The zero-order chi connectivity index (χ0) is 30.6. The third-order valence-corrected chi connectivity index (χ3v) is 8.52. The van der Waals surface area contributed by atoms with Gasteiger partial charge in [-0.05, 0) is 41.2 Å². The molecule has 3 aromatic carbocycles. The molecule has 2 atom stereocenters. The number of hydrogen-bond donors (Lipinski definition) is 1. The van der Waals surface area contributed by atoms with Crippen molar-refractivity contribution in [2.75, 3.05) is 37.9 Å². The lowest BCUT2D eigenvalue weighted by Gasteiger charge is -2.26. The van der Waals surface area contributed by atoms with E-state index < -0.39 is 17.6 Å². The molecule has 1 amide bonds. The van der Waals surface area contributed by atoms with Crippen LogP contribution in [0.5, 0.6) is 0 Å². The predicted octanol–water partition coefficient (Wildman–Crippen LogP) is 3.54. The van der Waals surface area contributed by atoms with Crippen LogP contribution in [0.15, 0.2) is 88.8 Å². The maximum Gasteiger partial charge on any atom is 0.348 e. The topological polar surface area (TPSA) is 111 Å². The smallest absolute Gasteiger partial charge is 0.348 e. The zero-order valence-electron chi connectivity index (χ0n) is 25.3. The summed E-state index contributed by atoms with van der Waals surface area (Å²) in [6.45, 7) is 8.70. The first-order chi connectivity index (χ1) is 21.4. The summed E-state index contributed by atoms with van der Waals surface area (Å²) in [4.78, 5) is 28.5. The molecule has 1 saturated heterocycles. The van der Waals surface area contributed by atoms with Gasteiger partial charge in [0.25, 0.3) is 0 Å². The van der Waals surface area contributed by atoms with Crippen molar-refractivity contribution in [1.29, 1.82) is 0 Å². The molecule has 0 unspecified atom stereocenters. The van der Waals surface area contributed by atoms with Gasteiger partial charge >= 0.3 is 5.69 Å². The SMILES string of the molecule is CCc1ccc(C2=NN(c3nn(Cc4ccc(CN5CCOCC5)cc4)c(=O)n3[C@H](C)C(N)=O)C[C@H]2c2ccccc2)cc1. The minimum atomic E-state index is -0.902.